The van der Waals surface area contributed by atoms with Crippen molar-refractivity contribution in [3.63, 3.8) is 0 Å². The van der Waals surface area contributed by atoms with Crippen LogP contribution in [0.2, 0.25) is 0 Å². The molecule has 0 aromatic heterocycles. The summed E-state index contributed by atoms with van der Waals surface area (Å²) in [5.41, 5.74) is -0.197. The Labute approximate surface area is 65.4 Å². The van der Waals surface area contributed by atoms with Crippen LogP contribution >= 0.6 is 0 Å². The zero-order chi connectivity index (χ0) is 7.90. The first-order valence-electron chi connectivity index (χ1n) is 3.92. The van der Waals surface area contributed by atoms with Crippen LogP contribution in [-0.2, 0) is 4.74 Å². The van der Waals surface area contributed by atoms with Crippen molar-refractivity contribution in [2.45, 2.75) is 31.2 Å². The summed E-state index contributed by atoms with van der Waals surface area (Å²) in [7, 11) is 0. The number of hydrogen-bond acceptors (Lipinski definition) is 2. The van der Waals surface area contributed by atoms with Gasteiger partial charge in [-0.05, 0) is 12.8 Å². The van der Waals surface area contributed by atoms with Gasteiger partial charge in [0.25, 0.3) is 0 Å². The van der Waals surface area contributed by atoms with E-state index in [1.807, 2.05) is 0 Å². The van der Waals surface area contributed by atoms with E-state index in [1.54, 1.807) is 0 Å². The van der Waals surface area contributed by atoms with E-state index < -0.39 is 0 Å². The van der Waals surface area contributed by atoms with Crippen molar-refractivity contribution in [3.8, 4) is 0 Å². The molecule has 0 aromatic carbocycles. The molecule has 1 saturated carbocycles. The largest absolute Gasteiger partial charge is 0.413 e. The number of carbonyl (C=O) groups excluding carboxylic acids is 1. The standard InChI is InChI=1S/C8H11NO2/c1-6-8(4-2-3-5-8)9-7(10)11-6/h1-5H2,(H,9,10). The zero-order valence-electron chi connectivity index (χ0n) is 6.35. The molecular formula is C8H11NO2. The van der Waals surface area contributed by atoms with E-state index in [-0.39, 0.29) is 11.6 Å². The van der Waals surface area contributed by atoms with E-state index in [2.05, 4.69) is 11.9 Å². The molecule has 11 heavy (non-hydrogen) atoms. The number of hydrogen-bond donors (Lipinski definition) is 1. The Morgan fingerprint density at radius 2 is 2.09 bits per heavy atom. The van der Waals surface area contributed by atoms with Crippen molar-refractivity contribution in [2.24, 2.45) is 0 Å². The SMILES string of the molecule is C=C1OC(=O)NC12CCCC2. The van der Waals surface area contributed by atoms with Crippen molar-refractivity contribution >= 4 is 6.09 Å². The van der Waals surface area contributed by atoms with Crippen molar-refractivity contribution in [1.82, 2.24) is 5.32 Å². The van der Waals surface area contributed by atoms with E-state index >= 15 is 0 Å². The minimum Gasteiger partial charge on any atom is -0.413 e. The lowest BCUT2D eigenvalue weighted by Crippen LogP contribution is -2.38. The maximum atomic E-state index is 10.8. The summed E-state index contributed by atoms with van der Waals surface area (Å²) in [5.74, 6) is 0.611. The molecule has 2 rings (SSSR count). The molecule has 0 atom stereocenters. The van der Waals surface area contributed by atoms with E-state index in [1.165, 1.54) is 0 Å². The summed E-state index contributed by atoms with van der Waals surface area (Å²) in [6, 6.07) is 0. The summed E-state index contributed by atoms with van der Waals surface area (Å²) in [5, 5.41) is 2.82. The molecule has 1 spiro atoms. The van der Waals surface area contributed by atoms with E-state index in [0.717, 1.165) is 25.7 Å². The molecule has 1 heterocycles. The summed E-state index contributed by atoms with van der Waals surface area (Å²) >= 11 is 0. The summed E-state index contributed by atoms with van der Waals surface area (Å²) in [4.78, 5) is 10.8. The molecule has 60 valence electrons. The van der Waals surface area contributed by atoms with E-state index in [9.17, 15) is 4.79 Å². The van der Waals surface area contributed by atoms with Gasteiger partial charge in [-0.25, -0.2) is 4.79 Å². The third kappa shape index (κ3) is 0.836. The maximum absolute atomic E-state index is 10.8. The van der Waals surface area contributed by atoms with E-state index in [4.69, 9.17) is 4.74 Å². The van der Waals surface area contributed by atoms with Crippen LogP contribution in [-0.4, -0.2) is 11.6 Å². The summed E-state index contributed by atoms with van der Waals surface area (Å²) in [6.07, 6.45) is 3.94. The van der Waals surface area contributed by atoms with Gasteiger partial charge in [0.2, 0.25) is 0 Å². The van der Waals surface area contributed by atoms with Gasteiger partial charge in [0, 0.05) is 0 Å². The van der Waals surface area contributed by atoms with Crippen molar-refractivity contribution in [3.05, 3.63) is 12.3 Å². The van der Waals surface area contributed by atoms with E-state index in [0.29, 0.717) is 5.76 Å². The molecule has 1 aliphatic carbocycles. The molecule has 0 radical (unpaired) electrons. The molecule has 0 unspecified atom stereocenters. The monoisotopic (exact) mass is 153 g/mol. The third-order valence-electron chi connectivity index (χ3n) is 2.55. The Bertz CT molecular complexity index is 216. The van der Waals surface area contributed by atoms with Crippen molar-refractivity contribution in [1.29, 1.82) is 0 Å². The normalized spacial score (nSPS) is 27.3. The van der Waals surface area contributed by atoms with Crippen molar-refractivity contribution < 1.29 is 9.53 Å². The van der Waals surface area contributed by atoms with Crippen LogP contribution in [0.3, 0.4) is 0 Å². The summed E-state index contributed by atoms with van der Waals surface area (Å²) in [6.45, 7) is 3.73. The highest BCUT2D eigenvalue weighted by atomic mass is 16.6. The Morgan fingerprint density at radius 3 is 2.55 bits per heavy atom. The second-order valence-electron chi connectivity index (χ2n) is 3.23. The van der Waals surface area contributed by atoms with Crippen LogP contribution < -0.4 is 5.32 Å². The van der Waals surface area contributed by atoms with Crippen LogP contribution in [0, 0.1) is 0 Å². The Morgan fingerprint density at radius 1 is 1.45 bits per heavy atom. The molecule has 1 amide bonds. The smallest absolute Gasteiger partial charge is 0.413 e. The lowest BCUT2D eigenvalue weighted by atomic mass is 9.97. The van der Waals surface area contributed by atoms with Gasteiger partial charge in [0.15, 0.2) is 0 Å². The number of amides is 1. The molecule has 3 heteroatoms. The lowest BCUT2D eigenvalue weighted by Gasteiger charge is -2.19. The quantitative estimate of drug-likeness (QED) is 0.573. The van der Waals surface area contributed by atoms with Gasteiger partial charge >= 0.3 is 6.09 Å². The molecule has 1 saturated heterocycles. The maximum Gasteiger partial charge on any atom is 0.413 e. The summed E-state index contributed by atoms with van der Waals surface area (Å²) < 4.78 is 4.85. The molecule has 3 nitrogen and oxygen atoms in total. The fraction of sp³-hybridized carbons (Fsp3) is 0.625. The van der Waals surface area contributed by atoms with Crippen LogP contribution in [0.4, 0.5) is 4.79 Å². The van der Waals surface area contributed by atoms with Gasteiger partial charge in [-0.15, -0.1) is 0 Å². The predicted molar refractivity (Wildman–Crippen MR) is 40.0 cm³/mol. The minimum absolute atomic E-state index is 0.197. The van der Waals surface area contributed by atoms with Gasteiger partial charge in [0.05, 0.1) is 0 Å². The zero-order valence-corrected chi connectivity index (χ0v) is 6.35. The second kappa shape index (κ2) is 2.00. The molecule has 1 N–H and O–H groups in total. The van der Waals surface area contributed by atoms with Gasteiger partial charge in [-0.3, -0.25) is 0 Å². The highest BCUT2D eigenvalue weighted by Gasteiger charge is 2.45. The minimum atomic E-state index is -0.336. The van der Waals surface area contributed by atoms with Crippen LogP contribution in [0.15, 0.2) is 12.3 Å². The number of nitrogens with one attached hydrogen (secondary N) is 1. The van der Waals surface area contributed by atoms with Crippen molar-refractivity contribution in [2.75, 3.05) is 0 Å². The first kappa shape index (κ1) is 6.70. The topological polar surface area (TPSA) is 38.3 Å². The first-order chi connectivity index (χ1) is 5.23. The molecule has 0 bridgehead atoms. The molecule has 2 fully saturated rings. The van der Waals surface area contributed by atoms with Crippen LogP contribution in [0.5, 0.6) is 0 Å². The number of alkyl carbamates (subject to hydrolysis) is 1. The molecule has 2 aliphatic rings. The van der Waals surface area contributed by atoms with Gasteiger partial charge in [0.1, 0.15) is 11.3 Å². The van der Waals surface area contributed by atoms with Gasteiger partial charge in [-0.1, -0.05) is 19.4 Å². The molecular weight excluding hydrogens is 142 g/mol. The number of cyclic esters (lactones) is 1. The average Bonchev–Trinajstić information content (AvgIpc) is 2.45. The Hall–Kier alpha value is -0.990. The Kier molecular flexibility index (Phi) is 1.22. The fourth-order valence-electron chi connectivity index (χ4n) is 1.88. The second-order valence-corrected chi connectivity index (χ2v) is 3.23. The average molecular weight is 153 g/mol. The number of rotatable bonds is 0. The van der Waals surface area contributed by atoms with Crippen LogP contribution in [0.1, 0.15) is 25.7 Å². The van der Waals surface area contributed by atoms with Crippen LogP contribution in [0.25, 0.3) is 0 Å². The predicted octanol–water partition coefficient (Wildman–Crippen LogP) is 1.55. The van der Waals surface area contributed by atoms with Gasteiger partial charge < -0.3 is 10.1 Å². The molecule has 1 aliphatic heterocycles. The molecule has 0 aromatic rings. The number of carbonyl (C=O) groups is 1. The van der Waals surface area contributed by atoms with Gasteiger partial charge in [-0.2, -0.15) is 0 Å². The Balaban J connectivity index is 2.24. The fourth-order valence-corrected chi connectivity index (χ4v) is 1.88. The lowest BCUT2D eigenvalue weighted by molar-refractivity contribution is 0.195. The first-order valence-corrected chi connectivity index (χ1v) is 3.92. The highest BCUT2D eigenvalue weighted by Crippen LogP contribution is 2.38. The third-order valence-corrected chi connectivity index (χ3v) is 2.55. The number of ether oxygens (including phenoxy) is 1. The highest BCUT2D eigenvalue weighted by molar-refractivity contribution is 5.74.